The van der Waals surface area contributed by atoms with Gasteiger partial charge in [-0.15, -0.1) is 0 Å². The molecule has 0 rings (SSSR count). The summed E-state index contributed by atoms with van der Waals surface area (Å²) in [6.07, 6.45) is 1.32. The molecule has 0 fully saturated rings. The zero-order valence-electron chi connectivity index (χ0n) is 10.3. The standard InChI is InChI=1S/C10H19NO5S/c1-7(2)9(10(13)14)11-8(12)5-4-6-17(3,15)16/h7,9H,4-6H2,1-3H3,(H,11,12)(H,13,14)/t9-/m1/s1. The Balaban J connectivity index is 4.13. The van der Waals surface area contributed by atoms with Gasteiger partial charge in [0, 0.05) is 12.7 Å². The first-order valence-electron chi connectivity index (χ1n) is 5.33. The molecule has 1 atom stereocenters. The molecule has 0 aromatic rings. The molecule has 0 aliphatic heterocycles. The number of carboxylic acid groups (broad SMARTS) is 1. The van der Waals surface area contributed by atoms with Gasteiger partial charge >= 0.3 is 5.97 Å². The summed E-state index contributed by atoms with van der Waals surface area (Å²) in [6, 6.07) is -0.930. The first kappa shape index (κ1) is 15.9. The fourth-order valence-corrected chi connectivity index (χ4v) is 1.92. The van der Waals surface area contributed by atoms with E-state index in [4.69, 9.17) is 5.11 Å². The summed E-state index contributed by atoms with van der Waals surface area (Å²) < 4.78 is 21.7. The molecular weight excluding hydrogens is 246 g/mol. The highest BCUT2D eigenvalue weighted by Crippen LogP contribution is 2.03. The Morgan fingerprint density at radius 2 is 1.82 bits per heavy atom. The highest BCUT2D eigenvalue weighted by atomic mass is 32.2. The smallest absolute Gasteiger partial charge is 0.326 e. The van der Waals surface area contributed by atoms with Crippen molar-refractivity contribution in [3.05, 3.63) is 0 Å². The molecule has 0 spiro atoms. The van der Waals surface area contributed by atoms with Crippen molar-refractivity contribution in [2.75, 3.05) is 12.0 Å². The SMILES string of the molecule is CC(C)[C@@H](NC(=O)CCCS(C)(=O)=O)C(=O)O. The molecule has 0 aromatic heterocycles. The zero-order valence-corrected chi connectivity index (χ0v) is 11.1. The Morgan fingerprint density at radius 1 is 1.29 bits per heavy atom. The Bertz CT molecular complexity index is 374. The lowest BCUT2D eigenvalue weighted by atomic mass is 10.0. The third kappa shape index (κ3) is 7.73. The second-order valence-corrected chi connectivity index (χ2v) is 6.62. The van der Waals surface area contributed by atoms with Crippen molar-refractivity contribution in [3.63, 3.8) is 0 Å². The molecule has 0 unspecified atom stereocenters. The van der Waals surface area contributed by atoms with Gasteiger partial charge in [0.15, 0.2) is 0 Å². The number of carbonyl (C=O) groups excluding carboxylic acids is 1. The van der Waals surface area contributed by atoms with E-state index in [0.717, 1.165) is 6.26 Å². The van der Waals surface area contributed by atoms with Crippen LogP contribution in [0.15, 0.2) is 0 Å². The van der Waals surface area contributed by atoms with Gasteiger partial charge in [0.05, 0.1) is 5.75 Å². The average molecular weight is 265 g/mol. The van der Waals surface area contributed by atoms with Crippen LogP contribution in [0, 0.1) is 5.92 Å². The van der Waals surface area contributed by atoms with Crippen molar-refractivity contribution in [3.8, 4) is 0 Å². The van der Waals surface area contributed by atoms with E-state index in [9.17, 15) is 18.0 Å². The molecule has 0 aromatic carbocycles. The van der Waals surface area contributed by atoms with Crippen LogP contribution in [0.2, 0.25) is 0 Å². The predicted molar refractivity (Wildman–Crippen MR) is 63.3 cm³/mol. The Kier molecular flexibility index (Phi) is 6.15. The van der Waals surface area contributed by atoms with Gasteiger partial charge in [0.2, 0.25) is 5.91 Å². The monoisotopic (exact) mass is 265 g/mol. The molecular formula is C10H19NO5S. The number of amides is 1. The molecule has 0 bridgehead atoms. The lowest BCUT2D eigenvalue weighted by Gasteiger charge is -2.17. The molecule has 6 nitrogen and oxygen atoms in total. The van der Waals surface area contributed by atoms with E-state index in [1.807, 2.05) is 0 Å². The van der Waals surface area contributed by atoms with Gasteiger partial charge in [0.25, 0.3) is 0 Å². The maximum atomic E-state index is 11.4. The van der Waals surface area contributed by atoms with E-state index >= 15 is 0 Å². The van der Waals surface area contributed by atoms with Crippen LogP contribution in [0.4, 0.5) is 0 Å². The van der Waals surface area contributed by atoms with Crippen molar-refractivity contribution < 1.29 is 23.1 Å². The summed E-state index contributed by atoms with van der Waals surface area (Å²) in [4.78, 5) is 22.2. The van der Waals surface area contributed by atoms with E-state index in [1.165, 1.54) is 0 Å². The first-order chi connectivity index (χ1) is 7.63. The van der Waals surface area contributed by atoms with Crippen molar-refractivity contribution in [1.82, 2.24) is 5.32 Å². The molecule has 17 heavy (non-hydrogen) atoms. The number of nitrogens with one attached hydrogen (secondary N) is 1. The van der Waals surface area contributed by atoms with Crippen molar-refractivity contribution in [2.45, 2.75) is 32.7 Å². The number of hydrogen-bond acceptors (Lipinski definition) is 4. The van der Waals surface area contributed by atoms with E-state index in [-0.39, 0.29) is 24.5 Å². The Labute approximate surface area is 101 Å². The minimum atomic E-state index is -3.08. The van der Waals surface area contributed by atoms with Crippen LogP contribution in [-0.2, 0) is 19.4 Å². The maximum absolute atomic E-state index is 11.4. The predicted octanol–water partition coefficient (Wildman–Crippen LogP) is 0.0366. The average Bonchev–Trinajstić information content (AvgIpc) is 2.10. The van der Waals surface area contributed by atoms with Crippen molar-refractivity contribution in [1.29, 1.82) is 0 Å². The first-order valence-corrected chi connectivity index (χ1v) is 7.39. The highest BCUT2D eigenvalue weighted by Gasteiger charge is 2.23. The van der Waals surface area contributed by atoms with Crippen LogP contribution < -0.4 is 5.32 Å². The van der Waals surface area contributed by atoms with Gasteiger partial charge in [-0.25, -0.2) is 13.2 Å². The molecule has 0 saturated carbocycles. The fraction of sp³-hybridized carbons (Fsp3) is 0.800. The molecule has 0 saturated heterocycles. The van der Waals surface area contributed by atoms with Crippen LogP contribution in [0.25, 0.3) is 0 Å². The second-order valence-electron chi connectivity index (χ2n) is 4.36. The van der Waals surface area contributed by atoms with Gasteiger partial charge in [-0.05, 0) is 12.3 Å². The molecule has 2 N–H and O–H groups in total. The highest BCUT2D eigenvalue weighted by molar-refractivity contribution is 7.90. The van der Waals surface area contributed by atoms with Gasteiger partial charge in [0.1, 0.15) is 15.9 Å². The van der Waals surface area contributed by atoms with Crippen LogP contribution in [0.1, 0.15) is 26.7 Å². The summed E-state index contributed by atoms with van der Waals surface area (Å²) >= 11 is 0. The Morgan fingerprint density at radius 3 is 2.18 bits per heavy atom. The van der Waals surface area contributed by atoms with Gasteiger partial charge in [-0.3, -0.25) is 4.79 Å². The van der Waals surface area contributed by atoms with Crippen LogP contribution in [0.3, 0.4) is 0 Å². The fourth-order valence-electron chi connectivity index (χ4n) is 1.25. The number of sulfone groups is 1. The number of carbonyl (C=O) groups is 2. The molecule has 0 aliphatic rings. The second kappa shape index (κ2) is 6.58. The number of aliphatic carboxylic acids is 1. The third-order valence-electron chi connectivity index (χ3n) is 2.17. The van der Waals surface area contributed by atoms with E-state index in [2.05, 4.69) is 5.32 Å². The largest absolute Gasteiger partial charge is 0.480 e. The van der Waals surface area contributed by atoms with Gasteiger partial charge in [-0.2, -0.15) is 0 Å². The minimum absolute atomic E-state index is 0.0174. The summed E-state index contributed by atoms with van der Waals surface area (Å²) in [6.45, 7) is 3.38. The van der Waals surface area contributed by atoms with E-state index in [0.29, 0.717) is 0 Å². The zero-order chi connectivity index (χ0) is 13.6. The lowest BCUT2D eigenvalue weighted by molar-refractivity contribution is -0.143. The van der Waals surface area contributed by atoms with E-state index in [1.54, 1.807) is 13.8 Å². The molecule has 100 valence electrons. The molecule has 0 radical (unpaired) electrons. The van der Waals surface area contributed by atoms with E-state index < -0.39 is 27.8 Å². The Hall–Kier alpha value is -1.11. The van der Waals surface area contributed by atoms with Crippen molar-refractivity contribution in [2.24, 2.45) is 5.92 Å². The molecule has 1 amide bonds. The molecule has 0 heterocycles. The molecule has 0 aliphatic carbocycles. The summed E-state index contributed by atoms with van der Waals surface area (Å²) in [5.74, 6) is -1.81. The van der Waals surface area contributed by atoms with Crippen LogP contribution >= 0.6 is 0 Å². The molecule has 7 heteroatoms. The van der Waals surface area contributed by atoms with Crippen LogP contribution in [0.5, 0.6) is 0 Å². The number of carboxylic acids is 1. The normalized spacial score (nSPS) is 13.4. The quantitative estimate of drug-likeness (QED) is 0.676. The lowest BCUT2D eigenvalue weighted by Crippen LogP contribution is -2.44. The number of rotatable bonds is 7. The summed E-state index contributed by atoms with van der Waals surface area (Å²) in [5.41, 5.74) is 0. The topological polar surface area (TPSA) is 101 Å². The summed E-state index contributed by atoms with van der Waals surface area (Å²) in [7, 11) is -3.08. The maximum Gasteiger partial charge on any atom is 0.326 e. The third-order valence-corrected chi connectivity index (χ3v) is 3.20. The van der Waals surface area contributed by atoms with Gasteiger partial charge < -0.3 is 10.4 Å². The van der Waals surface area contributed by atoms with Gasteiger partial charge in [-0.1, -0.05) is 13.8 Å². The number of hydrogen-bond donors (Lipinski definition) is 2. The van der Waals surface area contributed by atoms with Crippen molar-refractivity contribution >= 4 is 21.7 Å². The summed E-state index contributed by atoms with van der Waals surface area (Å²) in [5, 5.41) is 11.2. The minimum Gasteiger partial charge on any atom is -0.480 e. The van der Waals surface area contributed by atoms with Crippen LogP contribution in [-0.4, -0.2) is 43.5 Å².